The van der Waals surface area contributed by atoms with Crippen molar-refractivity contribution in [3.63, 3.8) is 0 Å². The van der Waals surface area contributed by atoms with Crippen molar-refractivity contribution in [3.05, 3.63) is 65.2 Å². The van der Waals surface area contributed by atoms with Gasteiger partial charge in [-0.15, -0.1) is 0 Å². The highest BCUT2D eigenvalue weighted by Gasteiger charge is 2.34. The van der Waals surface area contributed by atoms with Crippen LogP contribution in [-0.4, -0.2) is 24.5 Å². The zero-order chi connectivity index (χ0) is 20.8. The Balaban J connectivity index is 1.51. The number of aryl methyl sites for hydroxylation is 1. The summed E-state index contributed by atoms with van der Waals surface area (Å²) < 4.78 is 5.60. The van der Waals surface area contributed by atoms with Gasteiger partial charge in [-0.3, -0.25) is 9.59 Å². The summed E-state index contributed by atoms with van der Waals surface area (Å²) in [5, 5.41) is 2.97. The molecule has 1 unspecified atom stereocenters. The number of carbonyl (C=O) groups is 2. The van der Waals surface area contributed by atoms with Crippen LogP contribution in [-0.2, 0) is 33.9 Å². The van der Waals surface area contributed by atoms with Crippen LogP contribution >= 0.6 is 0 Å². The molecule has 0 radical (unpaired) electrons. The highest BCUT2D eigenvalue weighted by atomic mass is 16.5. The maximum atomic E-state index is 12.6. The molecule has 5 nitrogen and oxygen atoms in total. The normalized spacial score (nSPS) is 16.5. The molecule has 0 aliphatic carbocycles. The molecule has 1 aliphatic rings. The molecule has 1 heterocycles. The standard InChI is InChI=1S/C24H30N2O3/c1-4-18-9-11-22(12-10-18)26-15-21(13-23(26)27)24(28)25-14-19-5-7-20(8-6-19)16-29-17(2)3/h5-12,17,21H,4,13-16H2,1-3H3,(H,25,28). The van der Waals surface area contributed by atoms with Gasteiger partial charge in [-0.05, 0) is 49.1 Å². The van der Waals surface area contributed by atoms with Crippen molar-refractivity contribution >= 4 is 17.5 Å². The van der Waals surface area contributed by atoms with E-state index in [2.05, 4.69) is 12.2 Å². The number of nitrogens with one attached hydrogen (secondary N) is 1. The molecular formula is C24H30N2O3. The number of amides is 2. The lowest BCUT2D eigenvalue weighted by Crippen LogP contribution is -2.32. The zero-order valence-corrected chi connectivity index (χ0v) is 17.5. The van der Waals surface area contributed by atoms with Gasteiger partial charge in [-0.25, -0.2) is 0 Å². The summed E-state index contributed by atoms with van der Waals surface area (Å²) in [4.78, 5) is 26.7. The number of carbonyl (C=O) groups excluding carboxylic acids is 2. The summed E-state index contributed by atoms with van der Waals surface area (Å²) in [7, 11) is 0. The van der Waals surface area contributed by atoms with Crippen LogP contribution in [0.25, 0.3) is 0 Å². The third-order valence-electron chi connectivity index (χ3n) is 5.23. The van der Waals surface area contributed by atoms with Gasteiger partial charge in [-0.2, -0.15) is 0 Å². The Morgan fingerprint density at radius 2 is 1.69 bits per heavy atom. The van der Waals surface area contributed by atoms with Gasteiger partial charge in [0, 0.05) is 25.2 Å². The number of benzene rings is 2. The first-order chi connectivity index (χ1) is 14.0. The molecule has 2 aromatic carbocycles. The van der Waals surface area contributed by atoms with Crippen LogP contribution in [0.3, 0.4) is 0 Å². The molecule has 0 aromatic heterocycles. The molecule has 1 fully saturated rings. The number of nitrogens with zero attached hydrogens (tertiary/aromatic N) is 1. The van der Waals surface area contributed by atoms with E-state index in [1.807, 2.05) is 62.4 Å². The topological polar surface area (TPSA) is 58.6 Å². The second-order valence-electron chi connectivity index (χ2n) is 7.82. The van der Waals surface area contributed by atoms with Gasteiger partial charge in [-0.1, -0.05) is 43.3 Å². The first kappa shape index (κ1) is 21.1. The molecule has 0 bridgehead atoms. The maximum absolute atomic E-state index is 12.6. The second kappa shape index (κ2) is 9.70. The Labute approximate surface area is 173 Å². The Hall–Kier alpha value is -2.66. The number of hydrogen-bond acceptors (Lipinski definition) is 3. The molecule has 29 heavy (non-hydrogen) atoms. The summed E-state index contributed by atoms with van der Waals surface area (Å²) in [5.41, 5.74) is 4.24. The summed E-state index contributed by atoms with van der Waals surface area (Å²) in [6, 6.07) is 16.0. The quantitative estimate of drug-likeness (QED) is 0.740. The lowest BCUT2D eigenvalue weighted by Gasteiger charge is -2.17. The average molecular weight is 395 g/mol. The summed E-state index contributed by atoms with van der Waals surface area (Å²) >= 11 is 0. The average Bonchev–Trinajstić information content (AvgIpc) is 3.13. The zero-order valence-electron chi connectivity index (χ0n) is 17.5. The molecule has 1 aliphatic heterocycles. The van der Waals surface area contributed by atoms with Crippen molar-refractivity contribution in [1.29, 1.82) is 0 Å². The lowest BCUT2D eigenvalue weighted by atomic mass is 10.1. The lowest BCUT2D eigenvalue weighted by molar-refractivity contribution is -0.126. The van der Waals surface area contributed by atoms with Gasteiger partial charge in [0.05, 0.1) is 18.6 Å². The summed E-state index contributed by atoms with van der Waals surface area (Å²) in [6.45, 7) is 7.60. The SMILES string of the molecule is CCc1ccc(N2CC(C(=O)NCc3ccc(COC(C)C)cc3)CC2=O)cc1. The minimum atomic E-state index is -0.313. The van der Waals surface area contributed by atoms with E-state index >= 15 is 0 Å². The van der Waals surface area contributed by atoms with Gasteiger partial charge in [0.1, 0.15) is 0 Å². The van der Waals surface area contributed by atoms with E-state index in [-0.39, 0.29) is 30.3 Å². The van der Waals surface area contributed by atoms with E-state index in [0.717, 1.165) is 23.2 Å². The van der Waals surface area contributed by atoms with Crippen molar-refractivity contribution in [2.45, 2.75) is 52.9 Å². The number of anilines is 1. The van der Waals surface area contributed by atoms with E-state index < -0.39 is 0 Å². The minimum Gasteiger partial charge on any atom is -0.374 e. The molecule has 1 atom stereocenters. The predicted molar refractivity (Wildman–Crippen MR) is 114 cm³/mol. The number of ether oxygens (including phenoxy) is 1. The van der Waals surface area contributed by atoms with Crippen molar-refractivity contribution in [3.8, 4) is 0 Å². The molecule has 1 saturated heterocycles. The van der Waals surface area contributed by atoms with Crippen LogP contribution in [0.2, 0.25) is 0 Å². The highest BCUT2D eigenvalue weighted by molar-refractivity contribution is 6.00. The molecule has 2 amide bonds. The third-order valence-corrected chi connectivity index (χ3v) is 5.23. The third kappa shape index (κ3) is 5.67. The van der Waals surface area contributed by atoms with Crippen molar-refractivity contribution in [1.82, 2.24) is 5.32 Å². The van der Waals surface area contributed by atoms with Crippen LogP contribution < -0.4 is 10.2 Å². The fraction of sp³-hybridized carbons (Fsp3) is 0.417. The molecule has 5 heteroatoms. The molecular weight excluding hydrogens is 364 g/mol. The van der Waals surface area contributed by atoms with Crippen molar-refractivity contribution in [2.24, 2.45) is 5.92 Å². The van der Waals surface area contributed by atoms with Crippen molar-refractivity contribution < 1.29 is 14.3 Å². The first-order valence-electron chi connectivity index (χ1n) is 10.3. The van der Waals surface area contributed by atoms with Crippen LogP contribution in [0.1, 0.15) is 43.9 Å². The van der Waals surface area contributed by atoms with E-state index in [1.54, 1.807) is 4.90 Å². The number of rotatable bonds is 8. The highest BCUT2D eigenvalue weighted by Crippen LogP contribution is 2.25. The fourth-order valence-corrected chi connectivity index (χ4v) is 3.39. The summed E-state index contributed by atoms with van der Waals surface area (Å²) in [6.07, 6.45) is 1.42. The molecule has 1 N–H and O–H groups in total. The largest absolute Gasteiger partial charge is 0.374 e. The molecule has 0 spiro atoms. The van der Waals surface area contributed by atoms with E-state index in [0.29, 0.717) is 19.7 Å². The Morgan fingerprint density at radius 3 is 2.31 bits per heavy atom. The van der Waals surface area contributed by atoms with Gasteiger partial charge in [0.15, 0.2) is 0 Å². The Bertz CT molecular complexity index is 828. The van der Waals surface area contributed by atoms with E-state index in [4.69, 9.17) is 4.74 Å². The monoisotopic (exact) mass is 394 g/mol. The van der Waals surface area contributed by atoms with Gasteiger partial charge >= 0.3 is 0 Å². The van der Waals surface area contributed by atoms with E-state index in [1.165, 1.54) is 5.56 Å². The van der Waals surface area contributed by atoms with E-state index in [9.17, 15) is 9.59 Å². The van der Waals surface area contributed by atoms with Crippen LogP contribution in [0, 0.1) is 5.92 Å². The first-order valence-corrected chi connectivity index (χ1v) is 10.3. The number of hydrogen-bond donors (Lipinski definition) is 1. The summed E-state index contributed by atoms with van der Waals surface area (Å²) in [5.74, 6) is -0.380. The van der Waals surface area contributed by atoms with Crippen LogP contribution in [0.5, 0.6) is 0 Å². The van der Waals surface area contributed by atoms with Crippen LogP contribution in [0.15, 0.2) is 48.5 Å². The molecule has 2 aromatic rings. The maximum Gasteiger partial charge on any atom is 0.227 e. The Morgan fingerprint density at radius 1 is 1.07 bits per heavy atom. The van der Waals surface area contributed by atoms with Crippen molar-refractivity contribution in [2.75, 3.05) is 11.4 Å². The molecule has 0 saturated carbocycles. The smallest absolute Gasteiger partial charge is 0.227 e. The molecule has 3 rings (SSSR count). The van der Waals surface area contributed by atoms with Gasteiger partial charge in [0.25, 0.3) is 0 Å². The predicted octanol–water partition coefficient (Wildman–Crippen LogP) is 3.84. The van der Waals surface area contributed by atoms with Gasteiger partial charge in [0.2, 0.25) is 11.8 Å². The Kier molecular flexibility index (Phi) is 7.04. The second-order valence-corrected chi connectivity index (χ2v) is 7.82. The van der Waals surface area contributed by atoms with Crippen LogP contribution in [0.4, 0.5) is 5.69 Å². The fourth-order valence-electron chi connectivity index (χ4n) is 3.39. The minimum absolute atomic E-state index is 0.00361. The van der Waals surface area contributed by atoms with Gasteiger partial charge < -0.3 is 15.0 Å². The molecule has 154 valence electrons.